The number of thiophene rings is 1. The van der Waals surface area contributed by atoms with Crippen LogP contribution in [0, 0.1) is 6.92 Å². The number of aryl methyl sites for hydroxylation is 1. The first kappa shape index (κ1) is 25.4. The predicted octanol–water partition coefficient (Wildman–Crippen LogP) is 7.51. The molecule has 0 aliphatic carbocycles. The monoisotopic (exact) mass is 552 g/mol. The van der Waals surface area contributed by atoms with Crippen LogP contribution in [-0.4, -0.2) is 28.4 Å². The van der Waals surface area contributed by atoms with Crippen molar-refractivity contribution in [1.29, 1.82) is 0 Å². The lowest BCUT2D eigenvalue weighted by atomic mass is 10.00. The number of aromatic nitrogens is 1. The van der Waals surface area contributed by atoms with Crippen LogP contribution in [0.2, 0.25) is 5.02 Å². The molecule has 1 atom stereocenters. The summed E-state index contributed by atoms with van der Waals surface area (Å²) in [6, 6.07) is 13.5. The van der Waals surface area contributed by atoms with Crippen molar-refractivity contribution >= 4 is 67.1 Å². The molecule has 0 saturated carbocycles. The summed E-state index contributed by atoms with van der Waals surface area (Å²) >= 11 is 9.01. The van der Waals surface area contributed by atoms with E-state index >= 15 is 0 Å². The number of aliphatic hydroxyl groups excluding tert-OH is 1. The number of nitrogens with zero attached hydrogens (tertiary/aromatic N) is 2. The quantitative estimate of drug-likeness (QED) is 0.106. The average molecular weight is 553 g/mol. The van der Waals surface area contributed by atoms with E-state index in [4.69, 9.17) is 16.3 Å². The number of carbonyl (C=O) groups is 2. The Kier molecular flexibility index (Phi) is 7.33. The average Bonchev–Trinajstić information content (AvgIpc) is 3.61. The SMILES string of the molecule is CCCCCOc1ccc(/C(O)=C2\C(=O)C(=O)N(c3nc4cc(Cl)c(C)cc4s3)C2c2cccs2)cc1. The molecule has 5 rings (SSSR count). The topological polar surface area (TPSA) is 79.7 Å². The Morgan fingerprint density at radius 3 is 2.65 bits per heavy atom. The minimum Gasteiger partial charge on any atom is -0.507 e. The Morgan fingerprint density at radius 1 is 1.16 bits per heavy atom. The predicted molar refractivity (Wildman–Crippen MR) is 150 cm³/mol. The van der Waals surface area contributed by atoms with Crippen molar-refractivity contribution in [1.82, 2.24) is 4.98 Å². The number of hydrogen-bond acceptors (Lipinski definition) is 7. The van der Waals surface area contributed by atoms with Gasteiger partial charge in [-0.25, -0.2) is 4.98 Å². The maximum Gasteiger partial charge on any atom is 0.301 e. The number of ketones is 1. The summed E-state index contributed by atoms with van der Waals surface area (Å²) in [4.78, 5) is 33.5. The van der Waals surface area contributed by atoms with Crippen molar-refractivity contribution in [2.75, 3.05) is 11.5 Å². The van der Waals surface area contributed by atoms with Crippen molar-refractivity contribution < 1.29 is 19.4 Å². The maximum atomic E-state index is 13.4. The number of amides is 1. The van der Waals surface area contributed by atoms with Gasteiger partial charge in [0, 0.05) is 15.5 Å². The molecule has 4 aromatic rings. The fourth-order valence-corrected chi connectivity index (χ4v) is 6.35. The summed E-state index contributed by atoms with van der Waals surface area (Å²) in [7, 11) is 0. The molecule has 9 heteroatoms. The molecule has 190 valence electrons. The number of rotatable bonds is 8. The number of hydrogen-bond donors (Lipinski definition) is 1. The van der Waals surface area contributed by atoms with Crippen molar-refractivity contribution in [2.24, 2.45) is 0 Å². The summed E-state index contributed by atoms with van der Waals surface area (Å²) in [5.74, 6) is -1.01. The molecule has 1 saturated heterocycles. The zero-order valence-electron chi connectivity index (χ0n) is 20.4. The molecule has 0 radical (unpaired) electrons. The summed E-state index contributed by atoms with van der Waals surface area (Å²) in [5.41, 5.74) is 2.03. The molecule has 6 nitrogen and oxygen atoms in total. The van der Waals surface area contributed by atoms with Crippen LogP contribution in [0.5, 0.6) is 5.75 Å². The fourth-order valence-electron chi connectivity index (χ4n) is 4.29. The lowest BCUT2D eigenvalue weighted by Crippen LogP contribution is -2.28. The van der Waals surface area contributed by atoms with E-state index in [1.54, 1.807) is 30.3 Å². The van der Waals surface area contributed by atoms with Gasteiger partial charge in [0.2, 0.25) is 0 Å². The number of unbranched alkanes of at least 4 members (excludes halogenated alkanes) is 2. The molecule has 1 aliphatic rings. The van der Waals surface area contributed by atoms with Crippen LogP contribution in [-0.2, 0) is 9.59 Å². The molecule has 1 unspecified atom stereocenters. The normalized spacial score (nSPS) is 17.2. The van der Waals surface area contributed by atoms with Gasteiger partial charge in [-0.2, -0.15) is 0 Å². The first-order valence-corrected chi connectivity index (χ1v) is 14.1. The molecule has 2 aromatic heterocycles. The number of aliphatic hydroxyl groups is 1. The lowest BCUT2D eigenvalue weighted by Gasteiger charge is -2.21. The van der Waals surface area contributed by atoms with Crippen LogP contribution in [0.15, 0.2) is 59.5 Å². The summed E-state index contributed by atoms with van der Waals surface area (Å²) in [6.45, 7) is 4.66. The number of anilines is 1. The van der Waals surface area contributed by atoms with Gasteiger partial charge < -0.3 is 9.84 Å². The van der Waals surface area contributed by atoms with Gasteiger partial charge >= 0.3 is 5.91 Å². The van der Waals surface area contributed by atoms with Gasteiger partial charge in [0.1, 0.15) is 17.6 Å². The molecular formula is C28H25ClN2O4S2. The van der Waals surface area contributed by atoms with Gasteiger partial charge in [-0.05, 0) is 66.8 Å². The molecule has 0 bridgehead atoms. The largest absolute Gasteiger partial charge is 0.507 e. The minimum absolute atomic E-state index is 0.0394. The maximum absolute atomic E-state index is 13.4. The Bertz CT molecular complexity index is 1450. The first-order chi connectivity index (χ1) is 17.9. The number of benzene rings is 2. The van der Waals surface area contributed by atoms with Gasteiger partial charge in [-0.1, -0.05) is 48.8 Å². The van der Waals surface area contributed by atoms with E-state index in [2.05, 4.69) is 11.9 Å². The third-order valence-corrected chi connectivity index (χ3v) is 8.61. The number of ether oxygens (including phenoxy) is 1. The van der Waals surface area contributed by atoms with Crippen molar-refractivity contribution in [3.63, 3.8) is 0 Å². The zero-order chi connectivity index (χ0) is 26.1. The molecule has 2 aromatic carbocycles. The molecule has 3 heterocycles. The minimum atomic E-state index is -0.790. The Balaban J connectivity index is 1.54. The second kappa shape index (κ2) is 10.7. The summed E-state index contributed by atoms with van der Waals surface area (Å²) in [6.07, 6.45) is 3.19. The lowest BCUT2D eigenvalue weighted by molar-refractivity contribution is -0.132. The molecule has 0 spiro atoms. The van der Waals surface area contributed by atoms with E-state index in [0.29, 0.717) is 33.6 Å². The van der Waals surface area contributed by atoms with E-state index in [9.17, 15) is 14.7 Å². The van der Waals surface area contributed by atoms with Crippen molar-refractivity contribution in [3.8, 4) is 5.75 Å². The molecule has 1 aliphatic heterocycles. The zero-order valence-corrected chi connectivity index (χ0v) is 22.8. The molecule has 37 heavy (non-hydrogen) atoms. The highest BCUT2D eigenvalue weighted by molar-refractivity contribution is 7.22. The number of carbonyl (C=O) groups excluding carboxylic acids is 2. The second-order valence-electron chi connectivity index (χ2n) is 8.83. The van der Waals surface area contributed by atoms with Crippen LogP contribution in [0.3, 0.4) is 0 Å². The van der Waals surface area contributed by atoms with Gasteiger partial charge in [0.25, 0.3) is 5.78 Å². The number of thiazole rings is 1. The van der Waals surface area contributed by atoms with Crippen LogP contribution < -0.4 is 9.64 Å². The Labute approximate surface area is 227 Å². The summed E-state index contributed by atoms with van der Waals surface area (Å²) in [5, 5.41) is 14.1. The molecular weight excluding hydrogens is 528 g/mol. The second-order valence-corrected chi connectivity index (χ2v) is 11.2. The van der Waals surface area contributed by atoms with Crippen LogP contribution >= 0.6 is 34.3 Å². The van der Waals surface area contributed by atoms with E-state index in [0.717, 1.165) is 34.4 Å². The van der Waals surface area contributed by atoms with Gasteiger partial charge in [-0.3, -0.25) is 14.5 Å². The molecule has 1 amide bonds. The van der Waals surface area contributed by atoms with Crippen molar-refractivity contribution in [2.45, 2.75) is 39.2 Å². The van der Waals surface area contributed by atoms with E-state index in [1.165, 1.54) is 27.6 Å². The third-order valence-electron chi connectivity index (χ3n) is 6.27. The van der Waals surface area contributed by atoms with E-state index in [-0.39, 0.29) is 11.3 Å². The smallest absolute Gasteiger partial charge is 0.301 e. The number of halogens is 1. The van der Waals surface area contributed by atoms with Crippen molar-refractivity contribution in [3.05, 3.63) is 80.5 Å². The Morgan fingerprint density at radius 2 is 1.95 bits per heavy atom. The van der Waals surface area contributed by atoms with E-state index in [1.807, 2.05) is 30.5 Å². The van der Waals surface area contributed by atoms with Gasteiger partial charge in [-0.15, -0.1) is 11.3 Å². The highest BCUT2D eigenvalue weighted by Gasteiger charge is 2.48. The summed E-state index contributed by atoms with van der Waals surface area (Å²) < 4.78 is 6.62. The fraction of sp³-hybridized carbons (Fsp3) is 0.250. The Hall–Kier alpha value is -3.20. The number of fused-ring (bicyclic) bond motifs is 1. The van der Waals surface area contributed by atoms with Crippen LogP contribution in [0.4, 0.5) is 5.13 Å². The highest BCUT2D eigenvalue weighted by atomic mass is 35.5. The van der Waals surface area contributed by atoms with Crippen LogP contribution in [0.1, 0.15) is 48.2 Å². The third kappa shape index (κ3) is 4.89. The van der Waals surface area contributed by atoms with Gasteiger partial charge in [0.05, 0.1) is 22.4 Å². The van der Waals surface area contributed by atoms with E-state index < -0.39 is 17.7 Å². The number of Topliss-reactive ketones (excluding diaryl/α,β-unsaturated/α-hetero) is 1. The highest BCUT2D eigenvalue weighted by Crippen LogP contribution is 2.45. The molecule has 1 fully saturated rings. The van der Waals surface area contributed by atoms with Crippen LogP contribution in [0.25, 0.3) is 16.0 Å². The standard InChI is InChI=1S/C28H25ClN2O4S2/c1-3-4-5-12-35-18-10-8-17(9-11-18)25(32)23-24(21-7-6-13-36-21)31(27(34)26(23)33)28-30-20-15-19(29)16(2)14-22(20)37-28/h6-11,13-15,24,32H,3-5,12H2,1-2H3/b25-23+. The van der Waals surface area contributed by atoms with Gasteiger partial charge in [0.15, 0.2) is 5.13 Å². The molecule has 1 N–H and O–H groups in total. The first-order valence-electron chi connectivity index (χ1n) is 12.0.